The molecule has 0 spiro atoms. The molecule has 6 N–H and O–H groups in total. The van der Waals surface area contributed by atoms with Gasteiger partial charge in [0.2, 0.25) is 10.1 Å². The van der Waals surface area contributed by atoms with E-state index in [9.17, 15) is 27.6 Å². The Balaban J connectivity index is 0.000000185. The van der Waals surface area contributed by atoms with Crippen molar-refractivity contribution in [2.75, 3.05) is 70.1 Å². The molecular formula is C28H35F3N12O3S3. The molecule has 5 aromatic rings. The summed E-state index contributed by atoms with van der Waals surface area (Å²) in [6.45, 7) is 3.28. The topological polar surface area (TPSA) is 181 Å². The molecule has 4 heterocycles. The zero-order chi connectivity index (χ0) is 36.0. The van der Waals surface area contributed by atoms with Gasteiger partial charge in [-0.25, -0.2) is 24.4 Å². The third-order valence-corrected chi connectivity index (χ3v) is 9.13. The summed E-state index contributed by atoms with van der Waals surface area (Å²) in [7, 11) is 7.55. The Morgan fingerprint density at radius 1 is 0.735 bits per heavy atom. The highest BCUT2D eigenvalue weighted by molar-refractivity contribution is 7.22. The number of nitrogens with one attached hydrogen (secondary N) is 6. The predicted octanol–water partition coefficient (Wildman–Crippen LogP) is 4.59. The number of amides is 6. The maximum Gasteiger partial charge on any atom is 0.445 e. The van der Waals surface area contributed by atoms with Crippen LogP contribution in [0, 0.1) is 0 Å². The summed E-state index contributed by atoms with van der Waals surface area (Å²) in [6.07, 6.45) is -4.53. The van der Waals surface area contributed by atoms with Gasteiger partial charge in [0.1, 0.15) is 0 Å². The predicted molar refractivity (Wildman–Crippen MR) is 189 cm³/mol. The minimum absolute atomic E-state index is 0.110. The fourth-order valence-electron chi connectivity index (χ4n) is 3.51. The molecule has 0 radical (unpaired) electrons. The van der Waals surface area contributed by atoms with Crippen LogP contribution in [0.3, 0.4) is 0 Å². The van der Waals surface area contributed by atoms with Gasteiger partial charge in [-0.15, -0.1) is 10.2 Å². The standard InChI is InChI=1S/C10H11N3OS.C9H9N3OS.C6H7F3N4OS.C3H8N2/c1-11-9(14)13(2)10-12-7-5-3-4-6-8(7)15-10;1-10-8(13)12-9-11-6-4-2-3-5-7(6)14-9;1-10-4(14)13(2)5-12-11-3(15-5)6(7,8)9;1-2-5-3-4-1/h3-6H,1-2H3,(H,11,14);2-5H,1H3,(H2,10,11,12,13);1-2H3,(H,10,14);4-5H,1-3H2. The highest BCUT2D eigenvalue weighted by atomic mass is 32.1. The first-order valence-electron chi connectivity index (χ1n) is 14.3. The minimum Gasteiger partial charge on any atom is -0.341 e. The van der Waals surface area contributed by atoms with E-state index < -0.39 is 17.2 Å². The maximum absolute atomic E-state index is 12.1. The van der Waals surface area contributed by atoms with Gasteiger partial charge in [-0.2, -0.15) is 13.2 Å². The molecule has 0 bridgehead atoms. The lowest BCUT2D eigenvalue weighted by Gasteiger charge is -2.11. The Morgan fingerprint density at radius 3 is 1.71 bits per heavy atom. The van der Waals surface area contributed by atoms with Crippen molar-refractivity contribution in [1.29, 1.82) is 0 Å². The van der Waals surface area contributed by atoms with E-state index in [2.05, 4.69) is 52.1 Å². The summed E-state index contributed by atoms with van der Waals surface area (Å²) < 4.78 is 38.6. The largest absolute Gasteiger partial charge is 0.445 e. The number of hydrogen-bond acceptors (Lipinski definition) is 12. The van der Waals surface area contributed by atoms with Crippen LogP contribution in [0.5, 0.6) is 0 Å². The van der Waals surface area contributed by atoms with Crippen molar-refractivity contribution in [3.8, 4) is 0 Å². The van der Waals surface area contributed by atoms with Crippen molar-refractivity contribution in [3.05, 3.63) is 53.5 Å². The van der Waals surface area contributed by atoms with E-state index in [0.29, 0.717) is 21.6 Å². The molecule has 21 heteroatoms. The minimum atomic E-state index is -4.53. The highest BCUT2D eigenvalue weighted by Crippen LogP contribution is 2.34. The third-order valence-electron chi connectivity index (χ3n) is 6.02. The first-order valence-corrected chi connectivity index (χ1v) is 16.8. The number of benzene rings is 2. The van der Waals surface area contributed by atoms with E-state index >= 15 is 0 Å². The average Bonchev–Trinajstić information content (AvgIpc) is 3.93. The molecule has 2 aromatic carbocycles. The number of thiazole rings is 2. The molecule has 6 rings (SSSR count). The third kappa shape index (κ3) is 11.7. The number of anilines is 3. The van der Waals surface area contributed by atoms with Gasteiger partial charge >= 0.3 is 24.3 Å². The van der Waals surface area contributed by atoms with Crippen LogP contribution in [0.2, 0.25) is 0 Å². The Hall–Kier alpha value is -4.70. The summed E-state index contributed by atoms with van der Waals surface area (Å²) in [6, 6.07) is 14.6. The summed E-state index contributed by atoms with van der Waals surface area (Å²) in [4.78, 5) is 44.5. The Bertz CT molecular complexity index is 1740. The van der Waals surface area contributed by atoms with Crippen LogP contribution in [0.4, 0.5) is 42.9 Å². The van der Waals surface area contributed by atoms with Crippen molar-refractivity contribution >= 4 is 87.9 Å². The number of urea groups is 3. The van der Waals surface area contributed by atoms with Gasteiger partial charge in [0.05, 0.1) is 20.4 Å². The molecule has 0 unspecified atom stereocenters. The number of halogens is 3. The van der Waals surface area contributed by atoms with E-state index in [1.165, 1.54) is 41.7 Å². The second-order valence-corrected chi connectivity index (χ2v) is 12.4. The van der Waals surface area contributed by atoms with Crippen LogP contribution >= 0.6 is 34.0 Å². The van der Waals surface area contributed by atoms with Crippen molar-refractivity contribution in [1.82, 2.24) is 46.7 Å². The second kappa shape index (κ2) is 18.7. The zero-order valence-electron chi connectivity index (χ0n) is 27.0. The molecule has 3 aromatic heterocycles. The van der Waals surface area contributed by atoms with Crippen molar-refractivity contribution in [2.45, 2.75) is 6.18 Å². The van der Waals surface area contributed by atoms with Crippen molar-refractivity contribution < 1.29 is 27.6 Å². The lowest BCUT2D eigenvalue weighted by atomic mass is 10.3. The summed E-state index contributed by atoms with van der Waals surface area (Å²) >= 11 is 3.27. The van der Waals surface area contributed by atoms with E-state index in [1.54, 1.807) is 21.1 Å². The first kappa shape index (κ1) is 38.7. The van der Waals surface area contributed by atoms with Crippen LogP contribution < -0.4 is 41.7 Å². The van der Waals surface area contributed by atoms with Crippen LogP contribution in [-0.2, 0) is 6.18 Å². The lowest BCUT2D eigenvalue weighted by molar-refractivity contribution is -0.138. The number of alkyl halides is 3. The van der Waals surface area contributed by atoms with Gasteiger partial charge in [-0.05, 0) is 24.3 Å². The van der Waals surface area contributed by atoms with Crippen LogP contribution in [-0.4, -0.2) is 93.3 Å². The maximum atomic E-state index is 12.1. The van der Waals surface area contributed by atoms with Crippen LogP contribution in [0.25, 0.3) is 20.4 Å². The van der Waals surface area contributed by atoms with Crippen molar-refractivity contribution in [2.24, 2.45) is 0 Å². The van der Waals surface area contributed by atoms with E-state index in [-0.39, 0.29) is 17.2 Å². The number of nitrogens with zero attached hydrogens (tertiary/aromatic N) is 6. The van der Waals surface area contributed by atoms with Crippen molar-refractivity contribution in [3.63, 3.8) is 0 Å². The molecule has 6 amide bonds. The number of carbonyl (C=O) groups is 3. The molecule has 1 saturated heterocycles. The fraction of sp³-hybridized carbons (Fsp3) is 0.321. The summed E-state index contributed by atoms with van der Waals surface area (Å²) in [5, 5.41) is 22.5. The van der Waals surface area contributed by atoms with E-state index in [4.69, 9.17) is 0 Å². The SMILES string of the molecule is C1CNCN1.CNC(=O)N(C)c1nc2ccccc2s1.CNC(=O)N(C)c1nnc(C(F)(F)F)s1.CNC(=O)Nc1nc2ccccc2s1. The molecule has 0 atom stereocenters. The van der Waals surface area contributed by atoms with Crippen LogP contribution in [0.1, 0.15) is 5.01 Å². The fourth-order valence-corrected chi connectivity index (χ4v) is 5.96. The number of para-hydroxylation sites is 2. The summed E-state index contributed by atoms with van der Waals surface area (Å²) in [5.74, 6) is 0. The smallest absolute Gasteiger partial charge is 0.341 e. The quantitative estimate of drug-likeness (QED) is 0.154. The molecular weight excluding hydrogens is 706 g/mol. The average molecular weight is 741 g/mol. The Kier molecular flexibility index (Phi) is 14.8. The first-order chi connectivity index (χ1) is 23.4. The van der Waals surface area contributed by atoms with Crippen LogP contribution in [0.15, 0.2) is 48.5 Å². The van der Waals surface area contributed by atoms with Gasteiger partial charge < -0.3 is 26.6 Å². The molecule has 264 valence electrons. The second-order valence-electron chi connectivity index (χ2n) is 9.45. The van der Waals surface area contributed by atoms with Gasteiger partial charge in [0.15, 0.2) is 10.3 Å². The van der Waals surface area contributed by atoms with E-state index in [0.717, 1.165) is 45.1 Å². The lowest BCUT2D eigenvalue weighted by Crippen LogP contribution is -2.34. The molecule has 1 aliphatic heterocycles. The number of fused-ring (bicyclic) bond motifs is 2. The zero-order valence-corrected chi connectivity index (χ0v) is 29.5. The molecule has 1 aliphatic rings. The number of hydrogen-bond donors (Lipinski definition) is 6. The molecule has 0 aliphatic carbocycles. The Morgan fingerprint density at radius 2 is 1.27 bits per heavy atom. The molecule has 49 heavy (non-hydrogen) atoms. The monoisotopic (exact) mass is 740 g/mol. The highest BCUT2D eigenvalue weighted by Gasteiger charge is 2.36. The van der Waals surface area contributed by atoms with E-state index in [1.807, 2.05) is 48.5 Å². The number of carbonyl (C=O) groups excluding carboxylic acids is 3. The van der Waals surface area contributed by atoms with Gasteiger partial charge in [-0.3, -0.25) is 15.1 Å². The molecule has 0 saturated carbocycles. The van der Waals surface area contributed by atoms with Gasteiger partial charge in [0.25, 0.3) is 0 Å². The molecule has 1 fully saturated rings. The van der Waals surface area contributed by atoms with Gasteiger partial charge in [0, 0.05) is 55.0 Å². The number of rotatable bonds is 3. The van der Waals surface area contributed by atoms with Gasteiger partial charge in [-0.1, -0.05) is 58.3 Å². The Labute approximate surface area is 291 Å². The normalized spacial score (nSPS) is 11.9. The number of aromatic nitrogens is 4. The molecule has 15 nitrogen and oxygen atoms in total. The summed E-state index contributed by atoms with van der Waals surface area (Å²) in [5.41, 5.74) is 1.83.